The minimum atomic E-state index is -0.634. The number of thioether (sulfide) groups is 1. The van der Waals surface area contributed by atoms with Gasteiger partial charge >= 0.3 is 0 Å². The number of carbonyl (C=O) groups excluding carboxylic acids is 2. The van der Waals surface area contributed by atoms with E-state index in [1.165, 1.54) is 4.90 Å². The minimum Gasteiger partial charge on any atom is -0.497 e. The van der Waals surface area contributed by atoms with E-state index >= 15 is 0 Å². The first-order valence-corrected chi connectivity index (χ1v) is 16.8. The fraction of sp³-hybridized carbons (Fsp3) is 0.179. The minimum absolute atomic E-state index is 0.0369. The molecule has 7 nitrogen and oxygen atoms in total. The molecule has 5 aromatic carbocycles. The lowest BCUT2D eigenvalue weighted by Gasteiger charge is -2.27. The molecule has 0 spiro atoms. The molecule has 47 heavy (non-hydrogen) atoms. The number of nitrogens with zero attached hydrogens (tertiary/aromatic N) is 3. The fourth-order valence-corrected chi connectivity index (χ4v) is 9.91. The highest BCUT2D eigenvalue weighted by atomic mass is 32.2. The van der Waals surface area contributed by atoms with E-state index in [-0.39, 0.29) is 35.7 Å². The molecular formula is C39H29N3O4S. The number of hydrogen-bond donors (Lipinski definition) is 1. The smallest absolute Gasteiger partial charge is 0.262 e. The van der Waals surface area contributed by atoms with E-state index in [2.05, 4.69) is 39.5 Å². The summed E-state index contributed by atoms with van der Waals surface area (Å²) in [7, 11) is 1.62. The molecule has 8 heteroatoms. The number of imide groups is 1. The molecule has 7 aromatic rings. The topological polar surface area (TPSA) is 76.7 Å². The summed E-state index contributed by atoms with van der Waals surface area (Å²) in [5, 5.41) is 15.6. The number of rotatable bonds is 5. The van der Waals surface area contributed by atoms with E-state index in [1.807, 2.05) is 72.8 Å². The van der Waals surface area contributed by atoms with Crippen LogP contribution in [0.5, 0.6) is 5.75 Å². The summed E-state index contributed by atoms with van der Waals surface area (Å²) in [6, 6.07) is 33.9. The molecule has 2 aromatic heterocycles. The Labute approximate surface area is 273 Å². The van der Waals surface area contributed by atoms with Crippen LogP contribution in [0.3, 0.4) is 0 Å². The lowest BCUT2D eigenvalue weighted by molar-refractivity contribution is 0.0643. The van der Waals surface area contributed by atoms with Gasteiger partial charge in [-0.3, -0.25) is 14.5 Å². The second kappa shape index (κ2) is 9.73. The van der Waals surface area contributed by atoms with Gasteiger partial charge in [-0.1, -0.05) is 66.7 Å². The van der Waals surface area contributed by atoms with Crippen molar-refractivity contribution >= 4 is 67.2 Å². The SMILES string of the molecule is COc1ccc(CN2C(=O)c3c(c4c5ccccc5n5c4c4c3c3ccccc3n4[C@@H]3C[C@H]5[C@@H](O)[C@@H]3Sc3ccccc3)C2=O)cc1. The molecule has 4 heterocycles. The Morgan fingerprint density at radius 1 is 0.723 bits per heavy atom. The zero-order valence-corrected chi connectivity index (χ0v) is 26.3. The van der Waals surface area contributed by atoms with Crippen molar-refractivity contribution in [1.82, 2.24) is 14.0 Å². The van der Waals surface area contributed by atoms with E-state index in [9.17, 15) is 14.7 Å². The quantitative estimate of drug-likeness (QED) is 0.196. The van der Waals surface area contributed by atoms with E-state index in [0.29, 0.717) is 11.1 Å². The van der Waals surface area contributed by atoms with Crippen molar-refractivity contribution < 1.29 is 19.4 Å². The number of fused-ring (bicyclic) bond motifs is 13. The van der Waals surface area contributed by atoms with Crippen molar-refractivity contribution in [3.05, 3.63) is 120 Å². The zero-order valence-electron chi connectivity index (χ0n) is 25.5. The third-order valence-electron chi connectivity index (χ3n) is 10.5. The third kappa shape index (κ3) is 3.51. The van der Waals surface area contributed by atoms with Gasteiger partial charge in [0.05, 0.1) is 59.3 Å². The predicted molar refractivity (Wildman–Crippen MR) is 184 cm³/mol. The van der Waals surface area contributed by atoms with E-state index in [0.717, 1.165) is 66.2 Å². The van der Waals surface area contributed by atoms with Crippen LogP contribution in [0.25, 0.3) is 43.6 Å². The number of aromatic nitrogens is 2. The Morgan fingerprint density at radius 3 is 1.87 bits per heavy atom. The number of hydrogen-bond acceptors (Lipinski definition) is 5. The molecule has 230 valence electrons. The number of benzene rings is 5. The molecule has 2 aliphatic heterocycles. The number of para-hydroxylation sites is 2. The molecule has 4 atom stereocenters. The number of ether oxygens (including phenoxy) is 1. The third-order valence-corrected chi connectivity index (χ3v) is 11.9. The number of amides is 2. The Balaban J connectivity index is 1.30. The predicted octanol–water partition coefficient (Wildman–Crippen LogP) is 7.73. The van der Waals surface area contributed by atoms with Gasteiger partial charge in [-0.05, 0) is 48.4 Å². The molecule has 1 N–H and O–H groups in total. The van der Waals surface area contributed by atoms with Crippen LogP contribution in [0.4, 0.5) is 0 Å². The van der Waals surface area contributed by atoms with Crippen molar-refractivity contribution in [3.63, 3.8) is 0 Å². The lowest BCUT2D eigenvalue weighted by atomic mass is 9.96. The second-order valence-electron chi connectivity index (χ2n) is 12.8. The first-order chi connectivity index (χ1) is 23.0. The number of aliphatic hydroxyl groups excluding tert-OH is 1. The summed E-state index contributed by atoms with van der Waals surface area (Å²) < 4.78 is 10.0. The van der Waals surface area contributed by atoms with Gasteiger partial charge in [0.1, 0.15) is 5.75 Å². The zero-order chi connectivity index (χ0) is 31.6. The molecule has 0 unspecified atom stereocenters. The Morgan fingerprint density at radius 2 is 1.28 bits per heavy atom. The Bertz CT molecular complexity index is 2460. The van der Waals surface area contributed by atoms with Crippen molar-refractivity contribution in [2.75, 3.05) is 7.11 Å². The fourth-order valence-electron chi connectivity index (χ4n) is 8.57. The van der Waals surface area contributed by atoms with Crippen LogP contribution < -0.4 is 4.74 Å². The van der Waals surface area contributed by atoms with E-state index < -0.39 is 6.10 Å². The first-order valence-electron chi connectivity index (χ1n) is 15.9. The average molecular weight is 636 g/mol. The maximum atomic E-state index is 14.6. The monoisotopic (exact) mass is 635 g/mol. The molecule has 2 bridgehead atoms. The highest BCUT2D eigenvalue weighted by Crippen LogP contribution is 2.57. The van der Waals surface area contributed by atoms with Gasteiger partial charge < -0.3 is 19.0 Å². The van der Waals surface area contributed by atoms with Gasteiger partial charge in [0.15, 0.2) is 0 Å². The van der Waals surface area contributed by atoms with Crippen LogP contribution in [-0.4, -0.2) is 49.4 Å². The van der Waals surface area contributed by atoms with Crippen LogP contribution >= 0.6 is 11.8 Å². The van der Waals surface area contributed by atoms with Crippen LogP contribution in [0.15, 0.2) is 108 Å². The normalized spacial score (nSPS) is 21.5. The Kier molecular flexibility index (Phi) is 5.61. The number of methoxy groups -OCH3 is 1. The van der Waals surface area contributed by atoms with Gasteiger partial charge in [0.2, 0.25) is 0 Å². The van der Waals surface area contributed by atoms with Gasteiger partial charge in [-0.25, -0.2) is 0 Å². The maximum Gasteiger partial charge on any atom is 0.262 e. The summed E-state index contributed by atoms with van der Waals surface area (Å²) >= 11 is 1.72. The van der Waals surface area contributed by atoms with Crippen molar-refractivity contribution in [3.8, 4) is 5.75 Å². The van der Waals surface area contributed by atoms with Gasteiger partial charge in [0, 0.05) is 37.5 Å². The number of aliphatic hydroxyl groups is 1. The summed E-state index contributed by atoms with van der Waals surface area (Å²) in [4.78, 5) is 31.7. The highest BCUT2D eigenvalue weighted by molar-refractivity contribution is 8.00. The highest BCUT2D eigenvalue weighted by Gasteiger charge is 2.51. The molecule has 1 fully saturated rings. The van der Waals surface area contributed by atoms with Gasteiger partial charge in [-0.2, -0.15) is 0 Å². The molecule has 1 aliphatic carbocycles. The molecule has 2 amide bonds. The second-order valence-corrected chi connectivity index (χ2v) is 14.0. The summed E-state index contributed by atoms with van der Waals surface area (Å²) in [6.07, 6.45) is 0.101. The van der Waals surface area contributed by atoms with Crippen LogP contribution in [0.1, 0.15) is 44.8 Å². The van der Waals surface area contributed by atoms with E-state index in [1.54, 1.807) is 18.9 Å². The largest absolute Gasteiger partial charge is 0.497 e. The summed E-state index contributed by atoms with van der Waals surface area (Å²) in [6.45, 7) is 0.163. The summed E-state index contributed by atoms with van der Waals surface area (Å²) in [5.74, 6) is 0.164. The molecule has 1 saturated carbocycles. The molecule has 10 rings (SSSR count). The lowest BCUT2D eigenvalue weighted by Crippen LogP contribution is -2.29. The molecular weight excluding hydrogens is 607 g/mol. The van der Waals surface area contributed by atoms with E-state index in [4.69, 9.17) is 4.74 Å². The van der Waals surface area contributed by atoms with Crippen molar-refractivity contribution in [1.29, 1.82) is 0 Å². The molecule has 0 radical (unpaired) electrons. The van der Waals surface area contributed by atoms with Crippen molar-refractivity contribution in [2.24, 2.45) is 0 Å². The van der Waals surface area contributed by atoms with Gasteiger partial charge in [-0.15, -0.1) is 11.8 Å². The van der Waals surface area contributed by atoms with Crippen molar-refractivity contribution in [2.45, 2.75) is 41.3 Å². The van der Waals surface area contributed by atoms with Gasteiger partial charge in [0.25, 0.3) is 11.8 Å². The maximum absolute atomic E-state index is 14.6. The molecule has 3 aliphatic rings. The number of carbonyl (C=O) groups is 2. The first kappa shape index (κ1) is 27.1. The molecule has 0 saturated heterocycles. The Hall–Kier alpha value is -5.05. The standard InChI is InChI=1S/C39H29N3O4S/c1-46-22-17-15-21(16-18-22)20-40-38(44)32-30-24-11-5-7-13-26(24)41-28-19-29(37(36(28)43)47-23-9-3-2-4-10-23)42-27-14-8-6-12-25(27)31(33(32)39(40)45)35(42)34(30)41/h2-18,28-29,36-37,43H,19-20H2,1H3/t28-,29+,36+,37+/m0/s1. The average Bonchev–Trinajstić information content (AvgIpc) is 3.76. The van der Waals surface area contributed by atoms with Crippen LogP contribution in [0, 0.1) is 0 Å². The van der Waals surface area contributed by atoms with Crippen LogP contribution in [0.2, 0.25) is 0 Å². The summed E-state index contributed by atoms with van der Waals surface area (Å²) in [5.41, 5.74) is 5.68. The van der Waals surface area contributed by atoms with Crippen LogP contribution in [-0.2, 0) is 6.54 Å².